The molecule has 0 spiro atoms. The first-order valence-electron chi connectivity index (χ1n) is 7.30. The van der Waals surface area contributed by atoms with E-state index in [4.69, 9.17) is 9.47 Å². The van der Waals surface area contributed by atoms with Crippen LogP contribution in [0.15, 0.2) is 0 Å². The summed E-state index contributed by atoms with van der Waals surface area (Å²) in [7, 11) is 0. The van der Waals surface area contributed by atoms with Crippen LogP contribution in [0.4, 0.5) is 0 Å². The lowest BCUT2D eigenvalue weighted by atomic mass is 9.67. The summed E-state index contributed by atoms with van der Waals surface area (Å²) in [5.41, 5.74) is 0.155. The molecule has 2 nitrogen and oxygen atoms in total. The van der Waals surface area contributed by atoms with Crippen LogP contribution in [0.2, 0.25) is 0 Å². The molecule has 0 saturated heterocycles. The second kappa shape index (κ2) is 6.75. The molecule has 0 aromatic rings. The maximum atomic E-state index is 5.90. The number of ether oxygens (including phenoxy) is 2. The zero-order chi connectivity index (χ0) is 12.9. The van der Waals surface area contributed by atoms with Crippen molar-refractivity contribution in [2.24, 2.45) is 17.3 Å². The van der Waals surface area contributed by atoms with Gasteiger partial charge in [0.1, 0.15) is 0 Å². The van der Waals surface area contributed by atoms with Crippen molar-refractivity contribution in [2.75, 3.05) is 13.2 Å². The highest BCUT2D eigenvalue weighted by Gasteiger charge is 2.45. The minimum absolute atomic E-state index is 0.0411. The zero-order valence-corrected chi connectivity index (χ0v) is 12.3. The lowest BCUT2D eigenvalue weighted by molar-refractivity contribution is -0.227. The van der Waals surface area contributed by atoms with Crippen LogP contribution in [0.3, 0.4) is 0 Å². The maximum absolute atomic E-state index is 5.90. The van der Waals surface area contributed by atoms with Gasteiger partial charge in [0, 0.05) is 18.6 Å². The fourth-order valence-corrected chi connectivity index (χ4v) is 3.19. The van der Waals surface area contributed by atoms with Crippen LogP contribution in [0.25, 0.3) is 0 Å². The molecule has 0 N–H and O–H groups in total. The van der Waals surface area contributed by atoms with E-state index in [-0.39, 0.29) is 11.7 Å². The van der Waals surface area contributed by atoms with Crippen LogP contribution < -0.4 is 0 Å². The molecular formula is C15H30O2. The van der Waals surface area contributed by atoms with Gasteiger partial charge in [-0.2, -0.15) is 0 Å². The van der Waals surface area contributed by atoms with Gasteiger partial charge in [0.05, 0.1) is 0 Å². The summed E-state index contributed by atoms with van der Waals surface area (Å²) < 4.78 is 11.8. The average molecular weight is 242 g/mol. The first-order chi connectivity index (χ1) is 8.07. The first-order valence-corrected chi connectivity index (χ1v) is 7.30. The minimum atomic E-state index is -0.0411. The van der Waals surface area contributed by atoms with Gasteiger partial charge in [-0.05, 0) is 38.5 Å². The lowest BCUT2D eigenvalue weighted by Crippen LogP contribution is -2.46. The van der Waals surface area contributed by atoms with E-state index in [0.29, 0.717) is 5.92 Å². The highest BCUT2D eigenvalue weighted by molar-refractivity contribution is 4.91. The van der Waals surface area contributed by atoms with Gasteiger partial charge in [0.2, 0.25) is 0 Å². The van der Waals surface area contributed by atoms with E-state index in [2.05, 4.69) is 34.6 Å². The van der Waals surface area contributed by atoms with Gasteiger partial charge >= 0.3 is 0 Å². The monoisotopic (exact) mass is 242 g/mol. The SMILES string of the molecule is CCOC(OCC)C(C)(C(C)C)C1CCCC1. The fraction of sp³-hybridized carbons (Fsp3) is 1.00. The van der Waals surface area contributed by atoms with Crippen molar-refractivity contribution in [3.05, 3.63) is 0 Å². The van der Waals surface area contributed by atoms with Crippen molar-refractivity contribution in [1.82, 2.24) is 0 Å². The number of hydrogen-bond donors (Lipinski definition) is 0. The Hall–Kier alpha value is -0.0800. The van der Waals surface area contributed by atoms with Crippen LogP contribution in [-0.2, 0) is 9.47 Å². The van der Waals surface area contributed by atoms with Crippen LogP contribution >= 0.6 is 0 Å². The molecule has 1 saturated carbocycles. The second-order valence-corrected chi connectivity index (χ2v) is 5.74. The Morgan fingerprint density at radius 3 is 1.88 bits per heavy atom. The third-order valence-electron chi connectivity index (χ3n) is 4.62. The molecule has 2 heteroatoms. The van der Waals surface area contributed by atoms with E-state index in [0.717, 1.165) is 19.1 Å². The Bertz CT molecular complexity index is 203. The van der Waals surface area contributed by atoms with E-state index < -0.39 is 0 Å². The van der Waals surface area contributed by atoms with Crippen molar-refractivity contribution in [3.63, 3.8) is 0 Å². The Morgan fingerprint density at radius 2 is 1.53 bits per heavy atom. The summed E-state index contributed by atoms with van der Waals surface area (Å²) in [6.07, 6.45) is 5.38. The van der Waals surface area contributed by atoms with Crippen LogP contribution in [0.5, 0.6) is 0 Å². The third-order valence-corrected chi connectivity index (χ3v) is 4.62. The molecule has 0 heterocycles. The van der Waals surface area contributed by atoms with Gasteiger partial charge in [-0.1, -0.05) is 33.6 Å². The smallest absolute Gasteiger partial charge is 0.163 e. The van der Waals surface area contributed by atoms with Crippen LogP contribution in [-0.4, -0.2) is 19.5 Å². The molecule has 0 amide bonds. The van der Waals surface area contributed by atoms with Gasteiger partial charge in [0.25, 0.3) is 0 Å². The van der Waals surface area contributed by atoms with Gasteiger partial charge in [0.15, 0.2) is 6.29 Å². The summed E-state index contributed by atoms with van der Waals surface area (Å²) in [6, 6.07) is 0. The van der Waals surface area contributed by atoms with Crippen molar-refractivity contribution in [1.29, 1.82) is 0 Å². The molecule has 102 valence electrons. The second-order valence-electron chi connectivity index (χ2n) is 5.74. The molecule has 1 fully saturated rings. The molecule has 0 radical (unpaired) electrons. The molecule has 1 aliphatic rings. The first kappa shape index (κ1) is 15.0. The van der Waals surface area contributed by atoms with E-state index in [1.54, 1.807) is 0 Å². The van der Waals surface area contributed by atoms with Crippen LogP contribution in [0.1, 0.15) is 60.3 Å². The molecule has 0 aromatic carbocycles. The predicted octanol–water partition coefficient (Wildman–Crippen LogP) is 4.24. The van der Waals surface area contributed by atoms with Gasteiger partial charge in [-0.15, -0.1) is 0 Å². The van der Waals surface area contributed by atoms with Crippen molar-refractivity contribution in [3.8, 4) is 0 Å². The Morgan fingerprint density at radius 1 is 1.06 bits per heavy atom. The summed E-state index contributed by atoms with van der Waals surface area (Å²) in [5, 5.41) is 0. The maximum Gasteiger partial charge on any atom is 0.163 e. The largest absolute Gasteiger partial charge is 0.352 e. The van der Waals surface area contributed by atoms with E-state index in [1.165, 1.54) is 25.7 Å². The fourth-order valence-electron chi connectivity index (χ4n) is 3.19. The molecule has 1 rings (SSSR count). The Balaban J connectivity index is 2.85. The van der Waals surface area contributed by atoms with Crippen molar-refractivity contribution < 1.29 is 9.47 Å². The molecule has 1 aliphatic carbocycles. The van der Waals surface area contributed by atoms with E-state index in [9.17, 15) is 0 Å². The summed E-state index contributed by atoms with van der Waals surface area (Å²) >= 11 is 0. The zero-order valence-electron chi connectivity index (χ0n) is 12.3. The minimum Gasteiger partial charge on any atom is -0.352 e. The highest BCUT2D eigenvalue weighted by Crippen LogP contribution is 2.48. The predicted molar refractivity (Wildman–Crippen MR) is 71.9 cm³/mol. The topological polar surface area (TPSA) is 18.5 Å². The molecule has 0 aromatic heterocycles. The summed E-state index contributed by atoms with van der Waals surface area (Å²) in [4.78, 5) is 0. The van der Waals surface area contributed by atoms with Gasteiger partial charge in [-0.25, -0.2) is 0 Å². The Labute approximate surface area is 107 Å². The summed E-state index contributed by atoms with van der Waals surface area (Å²) in [6.45, 7) is 12.6. The number of hydrogen-bond acceptors (Lipinski definition) is 2. The van der Waals surface area contributed by atoms with Gasteiger partial charge < -0.3 is 9.47 Å². The normalized spacial score (nSPS) is 21.4. The molecular weight excluding hydrogens is 212 g/mol. The van der Waals surface area contributed by atoms with Crippen molar-refractivity contribution in [2.45, 2.75) is 66.6 Å². The van der Waals surface area contributed by atoms with Crippen LogP contribution in [0, 0.1) is 17.3 Å². The summed E-state index contributed by atoms with van der Waals surface area (Å²) in [5.74, 6) is 1.35. The molecule has 0 aliphatic heterocycles. The highest BCUT2D eigenvalue weighted by atomic mass is 16.7. The van der Waals surface area contributed by atoms with Gasteiger partial charge in [-0.3, -0.25) is 0 Å². The molecule has 1 unspecified atom stereocenters. The quantitative estimate of drug-likeness (QED) is 0.622. The number of rotatable bonds is 7. The average Bonchev–Trinajstić information content (AvgIpc) is 2.81. The standard InChI is InChI=1S/C15H30O2/c1-6-16-14(17-7-2)15(5,12(3)4)13-10-8-9-11-13/h12-14H,6-11H2,1-5H3. The van der Waals surface area contributed by atoms with Crippen molar-refractivity contribution >= 4 is 0 Å². The molecule has 17 heavy (non-hydrogen) atoms. The third kappa shape index (κ3) is 3.23. The Kier molecular flexibility index (Phi) is 5.94. The lowest BCUT2D eigenvalue weighted by Gasteiger charge is -2.44. The molecule has 1 atom stereocenters. The van der Waals surface area contributed by atoms with E-state index >= 15 is 0 Å². The molecule has 0 bridgehead atoms. The van der Waals surface area contributed by atoms with E-state index in [1.807, 2.05) is 0 Å².